The van der Waals surface area contributed by atoms with Gasteiger partial charge >= 0.3 is 0 Å². The second-order valence-corrected chi connectivity index (χ2v) is 5.96. The largest absolute Gasteiger partial charge is 0.484 e. The van der Waals surface area contributed by atoms with Gasteiger partial charge in [-0.25, -0.2) is 0 Å². The lowest BCUT2D eigenvalue weighted by Crippen LogP contribution is -2.20. The molecule has 0 spiro atoms. The number of para-hydroxylation sites is 1. The predicted molar refractivity (Wildman–Crippen MR) is 99.0 cm³/mol. The molecule has 0 atom stereocenters. The van der Waals surface area contributed by atoms with Crippen LogP contribution in [0.1, 0.15) is 5.56 Å². The highest BCUT2D eigenvalue weighted by atomic mass is 16.5. The fraction of sp³-hybridized carbons (Fsp3) is 0.0952. The molecule has 3 aromatic carbocycles. The molecule has 0 aliphatic heterocycles. The van der Waals surface area contributed by atoms with Crippen LogP contribution in [-0.4, -0.2) is 12.5 Å². The van der Waals surface area contributed by atoms with E-state index in [0.29, 0.717) is 11.4 Å². The summed E-state index contributed by atoms with van der Waals surface area (Å²) in [6, 6.07) is 21.1. The zero-order valence-electron chi connectivity index (χ0n) is 13.8. The first-order valence-corrected chi connectivity index (χ1v) is 8.10. The average molecular weight is 331 g/mol. The summed E-state index contributed by atoms with van der Waals surface area (Å²) in [7, 11) is 0. The second kappa shape index (κ2) is 6.32. The van der Waals surface area contributed by atoms with E-state index in [4.69, 9.17) is 9.15 Å². The van der Waals surface area contributed by atoms with Crippen molar-refractivity contribution in [3.8, 4) is 5.75 Å². The number of hydrogen-bond acceptors (Lipinski definition) is 3. The third kappa shape index (κ3) is 3.19. The average Bonchev–Trinajstić information content (AvgIpc) is 2.99. The van der Waals surface area contributed by atoms with Gasteiger partial charge < -0.3 is 14.5 Å². The summed E-state index contributed by atoms with van der Waals surface area (Å²) in [5.74, 6) is 0.463. The van der Waals surface area contributed by atoms with Crippen LogP contribution in [0.4, 0.5) is 5.69 Å². The molecule has 4 aromatic rings. The smallest absolute Gasteiger partial charge is 0.262 e. The Hall–Kier alpha value is -3.27. The van der Waals surface area contributed by atoms with Crippen molar-refractivity contribution in [2.24, 2.45) is 0 Å². The SMILES string of the molecule is Cc1ccc(OCC(=O)Nc2ccc3c(c2)oc2ccccc23)cc1. The van der Waals surface area contributed by atoms with Crippen molar-refractivity contribution in [2.45, 2.75) is 6.92 Å². The quantitative estimate of drug-likeness (QED) is 0.578. The summed E-state index contributed by atoms with van der Waals surface area (Å²) in [4.78, 5) is 12.1. The minimum absolute atomic E-state index is 0.0404. The molecular formula is C21H17NO3. The van der Waals surface area contributed by atoms with E-state index in [0.717, 1.165) is 27.5 Å². The number of furan rings is 1. The minimum atomic E-state index is -0.212. The van der Waals surface area contributed by atoms with E-state index in [1.165, 1.54) is 0 Å². The number of nitrogens with one attached hydrogen (secondary N) is 1. The van der Waals surface area contributed by atoms with Gasteiger partial charge in [0.1, 0.15) is 16.9 Å². The number of anilines is 1. The molecule has 0 aliphatic rings. The van der Waals surface area contributed by atoms with Crippen LogP contribution in [0.15, 0.2) is 71.1 Å². The number of hydrogen-bond donors (Lipinski definition) is 1. The summed E-state index contributed by atoms with van der Waals surface area (Å²) < 4.78 is 11.3. The number of amides is 1. The van der Waals surface area contributed by atoms with Crippen LogP contribution < -0.4 is 10.1 Å². The lowest BCUT2D eigenvalue weighted by molar-refractivity contribution is -0.118. The van der Waals surface area contributed by atoms with E-state index >= 15 is 0 Å². The van der Waals surface area contributed by atoms with Crippen LogP contribution in [0.2, 0.25) is 0 Å². The van der Waals surface area contributed by atoms with Crippen LogP contribution in [0, 0.1) is 6.92 Å². The third-order valence-corrected chi connectivity index (χ3v) is 4.05. The third-order valence-electron chi connectivity index (χ3n) is 4.05. The van der Waals surface area contributed by atoms with E-state index in [2.05, 4.69) is 5.32 Å². The number of rotatable bonds is 4. The maximum absolute atomic E-state index is 12.1. The second-order valence-electron chi connectivity index (χ2n) is 5.96. The maximum Gasteiger partial charge on any atom is 0.262 e. The summed E-state index contributed by atoms with van der Waals surface area (Å²) in [6.07, 6.45) is 0. The first-order valence-electron chi connectivity index (χ1n) is 8.10. The first kappa shape index (κ1) is 15.3. The Morgan fingerprint density at radius 3 is 2.56 bits per heavy atom. The van der Waals surface area contributed by atoms with Crippen molar-refractivity contribution in [2.75, 3.05) is 11.9 Å². The summed E-state index contributed by atoms with van der Waals surface area (Å²) in [5, 5.41) is 4.94. The van der Waals surface area contributed by atoms with Crippen LogP contribution in [-0.2, 0) is 4.79 Å². The summed E-state index contributed by atoms with van der Waals surface area (Å²) in [5.41, 5.74) is 3.42. The summed E-state index contributed by atoms with van der Waals surface area (Å²) in [6.45, 7) is 1.96. The Morgan fingerprint density at radius 1 is 0.960 bits per heavy atom. The fourth-order valence-corrected chi connectivity index (χ4v) is 2.78. The van der Waals surface area contributed by atoms with Crippen LogP contribution >= 0.6 is 0 Å². The summed E-state index contributed by atoms with van der Waals surface area (Å²) >= 11 is 0. The molecule has 0 fully saturated rings. The number of aryl methyl sites for hydroxylation is 1. The molecular weight excluding hydrogens is 314 g/mol. The molecule has 0 unspecified atom stereocenters. The lowest BCUT2D eigenvalue weighted by Gasteiger charge is -2.07. The predicted octanol–water partition coefficient (Wildman–Crippen LogP) is 4.91. The first-order chi connectivity index (χ1) is 12.2. The molecule has 0 saturated heterocycles. The molecule has 1 aromatic heterocycles. The van der Waals surface area contributed by atoms with Crippen LogP contribution in [0.3, 0.4) is 0 Å². The molecule has 1 N–H and O–H groups in total. The standard InChI is InChI=1S/C21H17NO3/c1-14-6-9-16(10-7-14)24-13-21(23)22-15-8-11-18-17-4-2-3-5-19(17)25-20(18)12-15/h2-12H,13H2,1H3,(H,22,23). The molecule has 124 valence electrons. The molecule has 0 bridgehead atoms. The van der Waals surface area contributed by atoms with Crippen LogP contribution in [0.5, 0.6) is 5.75 Å². The maximum atomic E-state index is 12.1. The van der Waals surface area contributed by atoms with Crippen molar-refractivity contribution < 1.29 is 13.9 Å². The Morgan fingerprint density at radius 2 is 1.72 bits per heavy atom. The molecule has 0 saturated carbocycles. The molecule has 4 heteroatoms. The molecule has 0 aliphatic carbocycles. The number of fused-ring (bicyclic) bond motifs is 3. The number of carbonyl (C=O) groups excluding carboxylic acids is 1. The number of ether oxygens (including phenoxy) is 1. The Kier molecular flexibility index (Phi) is 3.86. The zero-order chi connectivity index (χ0) is 17.2. The van der Waals surface area contributed by atoms with Crippen molar-refractivity contribution in [3.63, 3.8) is 0 Å². The normalized spacial score (nSPS) is 10.9. The molecule has 25 heavy (non-hydrogen) atoms. The van der Waals surface area contributed by atoms with E-state index < -0.39 is 0 Å². The Balaban J connectivity index is 1.47. The van der Waals surface area contributed by atoms with Gasteiger partial charge in [0.15, 0.2) is 6.61 Å². The number of benzene rings is 3. The van der Waals surface area contributed by atoms with Crippen molar-refractivity contribution in [1.29, 1.82) is 0 Å². The Labute approximate surface area is 145 Å². The highest BCUT2D eigenvalue weighted by Crippen LogP contribution is 2.30. The Bertz CT molecular complexity index is 1050. The van der Waals surface area contributed by atoms with Crippen molar-refractivity contribution in [3.05, 3.63) is 72.3 Å². The van der Waals surface area contributed by atoms with Gasteiger partial charge in [-0.15, -0.1) is 0 Å². The van der Waals surface area contributed by atoms with Gasteiger partial charge in [0.2, 0.25) is 0 Å². The monoisotopic (exact) mass is 331 g/mol. The van der Waals surface area contributed by atoms with E-state index in [-0.39, 0.29) is 12.5 Å². The van der Waals surface area contributed by atoms with Crippen LogP contribution in [0.25, 0.3) is 21.9 Å². The van der Waals surface area contributed by atoms with Gasteiger partial charge in [-0.05, 0) is 37.3 Å². The molecule has 1 heterocycles. The van der Waals surface area contributed by atoms with E-state index in [1.807, 2.05) is 73.7 Å². The molecule has 1 amide bonds. The molecule has 0 radical (unpaired) electrons. The van der Waals surface area contributed by atoms with Gasteiger partial charge in [-0.2, -0.15) is 0 Å². The topological polar surface area (TPSA) is 51.5 Å². The number of carbonyl (C=O) groups is 1. The molecule has 4 nitrogen and oxygen atoms in total. The molecule has 4 rings (SSSR count). The fourth-order valence-electron chi connectivity index (χ4n) is 2.78. The van der Waals surface area contributed by atoms with Gasteiger partial charge in [0.25, 0.3) is 5.91 Å². The minimum Gasteiger partial charge on any atom is -0.484 e. The van der Waals surface area contributed by atoms with Crippen molar-refractivity contribution in [1.82, 2.24) is 0 Å². The van der Waals surface area contributed by atoms with E-state index in [1.54, 1.807) is 0 Å². The lowest BCUT2D eigenvalue weighted by atomic mass is 10.1. The van der Waals surface area contributed by atoms with Gasteiger partial charge in [-0.3, -0.25) is 4.79 Å². The van der Waals surface area contributed by atoms with Gasteiger partial charge in [-0.1, -0.05) is 35.9 Å². The van der Waals surface area contributed by atoms with Crippen molar-refractivity contribution >= 4 is 33.5 Å². The zero-order valence-corrected chi connectivity index (χ0v) is 13.8. The van der Waals surface area contributed by atoms with Gasteiger partial charge in [0.05, 0.1) is 0 Å². The van der Waals surface area contributed by atoms with E-state index in [9.17, 15) is 4.79 Å². The van der Waals surface area contributed by atoms with Gasteiger partial charge in [0, 0.05) is 22.5 Å². The highest BCUT2D eigenvalue weighted by molar-refractivity contribution is 6.06. The highest BCUT2D eigenvalue weighted by Gasteiger charge is 2.09.